The number of methoxy groups -OCH3 is 1. The lowest BCUT2D eigenvalue weighted by atomic mass is 10.2. The Kier molecular flexibility index (Phi) is 5.96. The molecule has 0 aliphatic carbocycles. The van der Waals surface area contributed by atoms with Gasteiger partial charge in [0.1, 0.15) is 17.1 Å². The van der Waals surface area contributed by atoms with Gasteiger partial charge in [-0.2, -0.15) is 4.98 Å². The van der Waals surface area contributed by atoms with Crippen LogP contribution in [0, 0.1) is 6.92 Å². The number of hydrogen-bond donors (Lipinski definition) is 2. The molecule has 0 fully saturated rings. The molecule has 7 nitrogen and oxygen atoms in total. The summed E-state index contributed by atoms with van der Waals surface area (Å²) in [5, 5.41) is 7.39. The van der Waals surface area contributed by atoms with Crippen molar-refractivity contribution in [3.05, 3.63) is 72.3 Å². The third-order valence-electron chi connectivity index (χ3n) is 5.13. The van der Waals surface area contributed by atoms with Gasteiger partial charge in [-0.25, -0.2) is 13.4 Å². The zero-order valence-electron chi connectivity index (χ0n) is 18.1. The first-order chi connectivity index (χ1) is 15.4. The van der Waals surface area contributed by atoms with E-state index in [1.54, 1.807) is 32.2 Å². The predicted octanol–water partition coefficient (Wildman–Crippen LogP) is 5.23. The van der Waals surface area contributed by atoms with Crippen molar-refractivity contribution in [1.29, 1.82) is 0 Å². The van der Waals surface area contributed by atoms with E-state index in [2.05, 4.69) is 20.6 Å². The molecule has 32 heavy (non-hydrogen) atoms. The lowest BCUT2D eigenvalue weighted by molar-refractivity contribution is 0.419. The summed E-state index contributed by atoms with van der Waals surface area (Å²) in [6, 6.07) is 20.4. The van der Waals surface area contributed by atoms with E-state index in [-0.39, 0.29) is 5.75 Å². The molecule has 0 radical (unpaired) electrons. The summed E-state index contributed by atoms with van der Waals surface area (Å²) in [6.07, 6.45) is 0. The molecule has 164 valence electrons. The molecule has 0 aliphatic rings. The molecule has 4 aromatic rings. The molecule has 0 atom stereocenters. The van der Waals surface area contributed by atoms with Crippen molar-refractivity contribution >= 4 is 43.9 Å². The first-order valence-electron chi connectivity index (χ1n) is 10.2. The minimum atomic E-state index is -3.27. The van der Waals surface area contributed by atoms with Gasteiger partial charge in [-0.05, 0) is 55.0 Å². The van der Waals surface area contributed by atoms with Gasteiger partial charge in [0.2, 0.25) is 5.95 Å². The summed E-state index contributed by atoms with van der Waals surface area (Å²) >= 11 is 0. The number of aromatic nitrogens is 2. The molecule has 0 aliphatic heterocycles. The van der Waals surface area contributed by atoms with E-state index >= 15 is 0 Å². The summed E-state index contributed by atoms with van der Waals surface area (Å²) in [6.45, 7) is 3.48. The highest BCUT2D eigenvalue weighted by Gasteiger charge is 2.15. The molecule has 3 aromatic carbocycles. The highest BCUT2D eigenvalue weighted by molar-refractivity contribution is 7.91. The van der Waals surface area contributed by atoms with E-state index in [0.29, 0.717) is 27.9 Å². The number of nitrogens with zero attached hydrogens (tertiary/aromatic N) is 2. The smallest absolute Gasteiger partial charge is 0.229 e. The highest BCUT2D eigenvalue weighted by atomic mass is 32.2. The number of aryl methyl sites for hydroxylation is 1. The van der Waals surface area contributed by atoms with Crippen LogP contribution in [-0.4, -0.2) is 31.2 Å². The second-order valence-electron chi connectivity index (χ2n) is 7.25. The molecular formula is C24H24N4O3S. The molecular weight excluding hydrogens is 424 g/mol. The van der Waals surface area contributed by atoms with Crippen molar-refractivity contribution in [1.82, 2.24) is 9.97 Å². The highest BCUT2D eigenvalue weighted by Crippen LogP contribution is 2.32. The van der Waals surface area contributed by atoms with Gasteiger partial charge in [0, 0.05) is 16.8 Å². The number of anilines is 4. The van der Waals surface area contributed by atoms with Gasteiger partial charge in [0.05, 0.1) is 17.8 Å². The molecule has 8 heteroatoms. The summed E-state index contributed by atoms with van der Waals surface area (Å²) < 4.78 is 29.9. The fraction of sp³-hybridized carbons (Fsp3) is 0.167. The van der Waals surface area contributed by atoms with Crippen molar-refractivity contribution < 1.29 is 13.2 Å². The number of hydrogen-bond acceptors (Lipinski definition) is 7. The predicted molar refractivity (Wildman–Crippen MR) is 128 cm³/mol. The maximum atomic E-state index is 12.2. The molecule has 0 spiro atoms. The number of ether oxygens (including phenoxy) is 1. The number of benzene rings is 3. The van der Waals surface area contributed by atoms with Crippen LogP contribution in [-0.2, 0) is 9.84 Å². The van der Waals surface area contributed by atoms with Crippen LogP contribution < -0.4 is 15.4 Å². The summed E-state index contributed by atoms with van der Waals surface area (Å²) in [7, 11) is -1.67. The van der Waals surface area contributed by atoms with Crippen LogP contribution in [0.3, 0.4) is 0 Å². The second-order valence-corrected chi connectivity index (χ2v) is 9.53. The molecule has 1 heterocycles. The van der Waals surface area contributed by atoms with Crippen LogP contribution in [0.15, 0.2) is 71.6 Å². The number of para-hydroxylation sites is 2. The lowest BCUT2D eigenvalue weighted by Gasteiger charge is -2.15. The molecule has 0 amide bonds. The van der Waals surface area contributed by atoms with Gasteiger partial charge in [0.25, 0.3) is 0 Å². The van der Waals surface area contributed by atoms with Crippen molar-refractivity contribution in [2.75, 3.05) is 23.5 Å². The summed E-state index contributed by atoms with van der Waals surface area (Å²) in [4.78, 5) is 9.66. The summed E-state index contributed by atoms with van der Waals surface area (Å²) in [5.41, 5.74) is 3.06. The van der Waals surface area contributed by atoms with Crippen molar-refractivity contribution in [3.8, 4) is 5.75 Å². The number of fused-ring (bicyclic) bond motifs is 1. The average Bonchev–Trinajstić information content (AvgIpc) is 2.80. The van der Waals surface area contributed by atoms with Crippen LogP contribution in [0.5, 0.6) is 5.75 Å². The Hall–Kier alpha value is -3.65. The van der Waals surface area contributed by atoms with E-state index in [4.69, 9.17) is 4.74 Å². The Morgan fingerprint density at radius 1 is 0.938 bits per heavy atom. The monoisotopic (exact) mass is 448 g/mol. The SMILES string of the molecule is CCS(=O)(=O)c1ccc(Nc2nc(Nc3ccccc3)c3cccc(OC)c3n2)c(C)c1. The van der Waals surface area contributed by atoms with Gasteiger partial charge >= 0.3 is 0 Å². The average molecular weight is 449 g/mol. The second kappa shape index (κ2) is 8.84. The maximum absolute atomic E-state index is 12.2. The van der Waals surface area contributed by atoms with E-state index in [0.717, 1.165) is 22.3 Å². The van der Waals surface area contributed by atoms with Gasteiger partial charge < -0.3 is 15.4 Å². The molecule has 1 aromatic heterocycles. The minimum Gasteiger partial charge on any atom is -0.494 e. The van der Waals surface area contributed by atoms with Crippen molar-refractivity contribution in [2.45, 2.75) is 18.7 Å². The molecule has 0 unspecified atom stereocenters. The minimum absolute atomic E-state index is 0.0569. The topological polar surface area (TPSA) is 93.2 Å². The Labute approximate surface area is 187 Å². The van der Waals surface area contributed by atoms with Crippen LogP contribution in [0.1, 0.15) is 12.5 Å². The van der Waals surface area contributed by atoms with Crippen LogP contribution in [0.4, 0.5) is 23.1 Å². The molecule has 0 bridgehead atoms. The van der Waals surface area contributed by atoms with Gasteiger partial charge in [-0.1, -0.05) is 31.2 Å². The zero-order valence-corrected chi connectivity index (χ0v) is 18.9. The van der Waals surface area contributed by atoms with E-state index in [1.807, 2.05) is 55.5 Å². The fourth-order valence-electron chi connectivity index (χ4n) is 3.36. The number of sulfone groups is 1. The van der Waals surface area contributed by atoms with Crippen LogP contribution in [0.2, 0.25) is 0 Å². The van der Waals surface area contributed by atoms with E-state index < -0.39 is 9.84 Å². The van der Waals surface area contributed by atoms with E-state index in [9.17, 15) is 8.42 Å². The number of nitrogens with one attached hydrogen (secondary N) is 2. The Balaban J connectivity index is 1.77. The largest absolute Gasteiger partial charge is 0.494 e. The molecule has 2 N–H and O–H groups in total. The quantitative estimate of drug-likeness (QED) is 0.400. The van der Waals surface area contributed by atoms with Crippen molar-refractivity contribution in [2.24, 2.45) is 0 Å². The van der Waals surface area contributed by atoms with Crippen LogP contribution in [0.25, 0.3) is 10.9 Å². The Bertz CT molecular complexity index is 1370. The van der Waals surface area contributed by atoms with Gasteiger partial charge in [-0.15, -0.1) is 0 Å². The lowest BCUT2D eigenvalue weighted by Crippen LogP contribution is -2.06. The third kappa shape index (κ3) is 4.36. The first kappa shape index (κ1) is 21.6. The third-order valence-corrected chi connectivity index (χ3v) is 6.86. The van der Waals surface area contributed by atoms with Gasteiger partial charge in [0.15, 0.2) is 9.84 Å². The van der Waals surface area contributed by atoms with Crippen molar-refractivity contribution in [3.63, 3.8) is 0 Å². The Morgan fingerprint density at radius 3 is 2.41 bits per heavy atom. The molecule has 4 rings (SSSR count). The standard InChI is InChI=1S/C24H24N4O3S/c1-4-32(29,30)18-13-14-20(16(2)15-18)26-24-27-22-19(11-8-12-21(22)31-3)23(28-24)25-17-9-6-5-7-10-17/h5-15H,4H2,1-3H3,(H2,25,26,27,28). The first-order valence-corrected chi connectivity index (χ1v) is 11.8. The summed E-state index contributed by atoms with van der Waals surface area (Å²) in [5.74, 6) is 1.69. The number of rotatable bonds is 7. The Morgan fingerprint density at radius 2 is 1.72 bits per heavy atom. The van der Waals surface area contributed by atoms with E-state index in [1.165, 1.54) is 0 Å². The maximum Gasteiger partial charge on any atom is 0.229 e. The van der Waals surface area contributed by atoms with Crippen LogP contribution >= 0.6 is 0 Å². The normalized spacial score (nSPS) is 11.3. The zero-order chi connectivity index (χ0) is 22.7. The molecule has 0 saturated heterocycles. The van der Waals surface area contributed by atoms with Gasteiger partial charge in [-0.3, -0.25) is 0 Å². The fourth-order valence-corrected chi connectivity index (χ4v) is 4.32. The molecule has 0 saturated carbocycles.